The lowest BCUT2D eigenvalue weighted by Crippen LogP contribution is -2.41. The summed E-state index contributed by atoms with van der Waals surface area (Å²) in [6.45, 7) is 10.5. The Morgan fingerprint density at radius 3 is 2.21 bits per heavy atom. The summed E-state index contributed by atoms with van der Waals surface area (Å²) < 4.78 is 5.67. The fourth-order valence-corrected chi connectivity index (χ4v) is 1.95. The van der Waals surface area contributed by atoms with Gasteiger partial charge in [-0.1, -0.05) is 6.92 Å². The maximum Gasteiger partial charge on any atom is 0.259 e. The second-order valence-corrected chi connectivity index (χ2v) is 5.50. The van der Waals surface area contributed by atoms with Gasteiger partial charge in [0.2, 0.25) is 0 Å². The molecule has 14 heavy (non-hydrogen) atoms. The van der Waals surface area contributed by atoms with Crippen LogP contribution in [0.15, 0.2) is 0 Å². The van der Waals surface area contributed by atoms with E-state index in [4.69, 9.17) is 17.0 Å². The van der Waals surface area contributed by atoms with Crippen molar-refractivity contribution in [2.75, 3.05) is 13.1 Å². The Labute approximate surface area is 92.6 Å². The van der Waals surface area contributed by atoms with Crippen molar-refractivity contribution in [3.05, 3.63) is 0 Å². The van der Waals surface area contributed by atoms with Gasteiger partial charge in [-0.05, 0) is 51.7 Å². The van der Waals surface area contributed by atoms with E-state index in [0.717, 1.165) is 19.0 Å². The Bertz CT molecular complexity index is 202. The second kappa shape index (κ2) is 4.47. The van der Waals surface area contributed by atoms with Crippen LogP contribution in [0.2, 0.25) is 0 Å². The number of likely N-dealkylation sites (tertiary alicyclic amines) is 1. The number of thiocarbonyl (C=S) groups is 1. The van der Waals surface area contributed by atoms with Crippen LogP contribution in [0.5, 0.6) is 0 Å². The molecule has 0 N–H and O–H groups in total. The van der Waals surface area contributed by atoms with Crippen molar-refractivity contribution < 1.29 is 4.74 Å². The van der Waals surface area contributed by atoms with Crippen molar-refractivity contribution in [2.24, 2.45) is 5.92 Å². The summed E-state index contributed by atoms with van der Waals surface area (Å²) in [5, 5.41) is 0.671. The van der Waals surface area contributed by atoms with E-state index in [-0.39, 0.29) is 5.60 Å². The largest absolute Gasteiger partial charge is 0.465 e. The fourth-order valence-electron chi connectivity index (χ4n) is 1.52. The molecule has 0 aliphatic carbocycles. The minimum atomic E-state index is -0.167. The monoisotopic (exact) mass is 215 g/mol. The molecule has 0 atom stereocenters. The van der Waals surface area contributed by atoms with Crippen LogP contribution in [0, 0.1) is 5.92 Å². The van der Waals surface area contributed by atoms with Crippen molar-refractivity contribution in [1.82, 2.24) is 4.90 Å². The molecule has 0 aromatic heterocycles. The molecule has 0 saturated carbocycles. The van der Waals surface area contributed by atoms with Crippen LogP contribution < -0.4 is 0 Å². The van der Waals surface area contributed by atoms with E-state index in [1.807, 2.05) is 20.8 Å². The van der Waals surface area contributed by atoms with E-state index in [0.29, 0.717) is 5.17 Å². The van der Waals surface area contributed by atoms with Crippen molar-refractivity contribution in [3.63, 3.8) is 0 Å². The molecule has 0 aromatic rings. The zero-order valence-electron chi connectivity index (χ0n) is 9.67. The summed E-state index contributed by atoms with van der Waals surface area (Å²) in [4.78, 5) is 2.18. The van der Waals surface area contributed by atoms with Gasteiger partial charge in [0.1, 0.15) is 5.60 Å². The van der Waals surface area contributed by atoms with Gasteiger partial charge in [0, 0.05) is 13.1 Å². The van der Waals surface area contributed by atoms with Gasteiger partial charge in [-0.15, -0.1) is 0 Å². The smallest absolute Gasteiger partial charge is 0.259 e. The van der Waals surface area contributed by atoms with E-state index in [2.05, 4.69) is 11.8 Å². The van der Waals surface area contributed by atoms with Gasteiger partial charge in [0.15, 0.2) is 0 Å². The fraction of sp³-hybridized carbons (Fsp3) is 0.909. The molecule has 1 heterocycles. The summed E-state index contributed by atoms with van der Waals surface area (Å²) in [5.41, 5.74) is -0.167. The van der Waals surface area contributed by atoms with Gasteiger partial charge in [-0.25, -0.2) is 0 Å². The molecule has 1 aliphatic heterocycles. The molecule has 0 bridgehead atoms. The molecule has 1 fully saturated rings. The number of hydrogen-bond donors (Lipinski definition) is 0. The highest BCUT2D eigenvalue weighted by Crippen LogP contribution is 2.18. The Kier molecular flexibility index (Phi) is 3.76. The highest BCUT2D eigenvalue weighted by atomic mass is 32.1. The third-order valence-corrected chi connectivity index (χ3v) is 2.78. The van der Waals surface area contributed by atoms with Gasteiger partial charge < -0.3 is 9.64 Å². The third-order valence-electron chi connectivity index (χ3n) is 2.44. The first kappa shape index (κ1) is 11.8. The maximum absolute atomic E-state index is 5.67. The van der Waals surface area contributed by atoms with E-state index >= 15 is 0 Å². The Morgan fingerprint density at radius 1 is 1.29 bits per heavy atom. The maximum atomic E-state index is 5.67. The number of rotatable bonds is 0. The molecule has 0 spiro atoms. The SMILES string of the molecule is CC1CCN(C(=S)OC(C)(C)C)CC1. The molecule has 1 saturated heterocycles. The van der Waals surface area contributed by atoms with Crippen LogP contribution >= 0.6 is 12.2 Å². The van der Waals surface area contributed by atoms with E-state index < -0.39 is 0 Å². The Balaban J connectivity index is 2.38. The molecule has 1 aliphatic rings. The molecular formula is C11H21NOS. The predicted octanol–water partition coefficient (Wildman–Crippen LogP) is 2.82. The second-order valence-electron chi connectivity index (χ2n) is 5.15. The number of ether oxygens (including phenoxy) is 1. The lowest BCUT2D eigenvalue weighted by Gasteiger charge is -2.34. The normalized spacial score (nSPS) is 19.6. The van der Waals surface area contributed by atoms with Crippen LogP contribution in [0.1, 0.15) is 40.5 Å². The standard InChI is InChI=1S/C11H21NOS/c1-9-5-7-12(8-6-9)10(14)13-11(2,3)4/h9H,5-8H2,1-4H3. The lowest BCUT2D eigenvalue weighted by molar-refractivity contribution is 0.0868. The van der Waals surface area contributed by atoms with Crippen LogP contribution in [0.25, 0.3) is 0 Å². The quantitative estimate of drug-likeness (QED) is 0.577. The van der Waals surface area contributed by atoms with Crippen molar-refractivity contribution >= 4 is 17.4 Å². The summed E-state index contributed by atoms with van der Waals surface area (Å²) in [7, 11) is 0. The molecule has 0 unspecified atom stereocenters. The number of nitrogens with zero attached hydrogens (tertiary/aromatic N) is 1. The third kappa shape index (κ3) is 3.82. The summed E-state index contributed by atoms with van der Waals surface area (Å²) in [6, 6.07) is 0. The minimum absolute atomic E-state index is 0.167. The first-order valence-electron chi connectivity index (χ1n) is 5.36. The molecule has 82 valence electrons. The molecule has 0 aromatic carbocycles. The van der Waals surface area contributed by atoms with Crippen LogP contribution in [0.3, 0.4) is 0 Å². The zero-order chi connectivity index (χ0) is 10.8. The average Bonchev–Trinajstić information content (AvgIpc) is 2.02. The van der Waals surface area contributed by atoms with Crippen molar-refractivity contribution in [3.8, 4) is 0 Å². The lowest BCUT2D eigenvalue weighted by atomic mass is 10.00. The highest BCUT2D eigenvalue weighted by Gasteiger charge is 2.22. The molecule has 1 rings (SSSR count). The Morgan fingerprint density at radius 2 is 1.79 bits per heavy atom. The first-order valence-corrected chi connectivity index (χ1v) is 5.77. The van der Waals surface area contributed by atoms with Crippen molar-refractivity contribution in [2.45, 2.75) is 46.1 Å². The van der Waals surface area contributed by atoms with E-state index in [9.17, 15) is 0 Å². The number of piperidine rings is 1. The van der Waals surface area contributed by atoms with Gasteiger partial charge in [0.05, 0.1) is 0 Å². The topological polar surface area (TPSA) is 12.5 Å². The molecular weight excluding hydrogens is 194 g/mol. The molecule has 0 radical (unpaired) electrons. The molecule has 0 amide bonds. The average molecular weight is 215 g/mol. The van der Waals surface area contributed by atoms with Crippen LogP contribution in [-0.4, -0.2) is 28.8 Å². The van der Waals surface area contributed by atoms with Crippen LogP contribution in [-0.2, 0) is 4.74 Å². The summed E-state index contributed by atoms with van der Waals surface area (Å²) in [6.07, 6.45) is 2.46. The van der Waals surface area contributed by atoms with E-state index in [1.165, 1.54) is 12.8 Å². The zero-order valence-corrected chi connectivity index (χ0v) is 10.5. The number of hydrogen-bond acceptors (Lipinski definition) is 2. The van der Waals surface area contributed by atoms with Gasteiger partial charge in [0.25, 0.3) is 5.17 Å². The van der Waals surface area contributed by atoms with Crippen LogP contribution in [0.4, 0.5) is 0 Å². The predicted molar refractivity (Wildman–Crippen MR) is 63.4 cm³/mol. The van der Waals surface area contributed by atoms with E-state index in [1.54, 1.807) is 0 Å². The van der Waals surface area contributed by atoms with Gasteiger partial charge in [-0.2, -0.15) is 0 Å². The minimum Gasteiger partial charge on any atom is -0.465 e. The Hall–Kier alpha value is -0.310. The van der Waals surface area contributed by atoms with Gasteiger partial charge in [-0.3, -0.25) is 0 Å². The molecule has 2 nitrogen and oxygen atoms in total. The molecule has 3 heteroatoms. The van der Waals surface area contributed by atoms with Gasteiger partial charge >= 0.3 is 0 Å². The first-order chi connectivity index (χ1) is 6.38. The summed E-state index contributed by atoms with van der Waals surface area (Å²) >= 11 is 5.26. The summed E-state index contributed by atoms with van der Waals surface area (Å²) in [5.74, 6) is 0.837. The van der Waals surface area contributed by atoms with Crippen molar-refractivity contribution in [1.29, 1.82) is 0 Å². The highest BCUT2D eigenvalue weighted by molar-refractivity contribution is 7.80.